The zero-order valence-corrected chi connectivity index (χ0v) is 16.0. The Morgan fingerprint density at radius 3 is 2.52 bits per heavy atom. The highest BCUT2D eigenvalue weighted by Crippen LogP contribution is 2.27. The average Bonchev–Trinajstić information content (AvgIpc) is 2.69. The summed E-state index contributed by atoms with van der Waals surface area (Å²) >= 11 is 0. The first-order valence-corrected chi connectivity index (χ1v) is 9.61. The van der Waals surface area contributed by atoms with Crippen LogP contribution in [0.15, 0.2) is 30.5 Å². The van der Waals surface area contributed by atoms with Crippen LogP contribution in [0.5, 0.6) is 0 Å². The van der Waals surface area contributed by atoms with E-state index in [1.807, 2.05) is 13.1 Å². The fraction of sp³-hybridized carbons (Fsp3) is 0.450. The number of benzene rings is 1. The van der Waals surface area contributed by atoms with Crippen molar-refractivity contribution in [3.05, 3.63) is 36.0 Å². The maximum Gasteiger partial charge on any atom is 0.229 e. The lowest BCUT2D eigenvalue weighted by atomic mass is 10.1. The molecule has 1 saturated heterocycles. The lowest BCUT2D eigenvalue weighted by Crippen LogP contribution is -2.44. The van der Waals surface area contributed by atoms with E-state index in [1.165, 1.54) is 5.69 Å². The molecule has 7 heteroatoms. The second-order valence-electron chi connectivity index (χ2n) is 7.14. The summed E-state index contributed by atoms with van der Waals surface area (Å²) in [5, 5.41) is 3.26. The van der Waals surface area contributed by atoms with Gasteiger partial charge in [-0.05, 0) is 44.7 Å². The summed E-state index contributed by atoms with van der Waals surface area (Å²) < 4.78 is 0. The van der Waals surface area contributed by atoms with Crippen LogP contribution < -0.4 is 15.1 Å². The summed E-state index contributed by atoms with van der Waals surface area (Å²) in [6.45, 7) is 6.89. The van der Waals surface area contributed by atoms with Gasteiger partial charge in [-0.3, -0.25) is 9.69 Å². The molecule has 4 rings (SSSR count). The summed E-state index contributed by atoms with van der Waals surface area (Å²) in [5.74, 6) is 1.39. The summed E-state index contributed by atoms with van der Waals surface area (Å²) in [7, 11) is 2.16. The van der Waals surface area contributed by atoms with E-state index in [0.717, 1.165) is 43.2 Å². The van der Waals surface area contributed by atoms with E-state index in [-0.39, 0.29) is 5.91 Å². The van der Waals surface area contributed by atoms with E-state index < -0.39 is 0 Å². The Balaban J connectivity index is 1.48. The van der Waals surface area contributed by atoms with E-state index in [2.05, 4.69) is 56.4 Å². The molecule has 2 aliphatic heterocycles. The van der Waals surface area contributed by atoms with Gasteiger partial charge in [-0.25, -0.2) is 4.98 Å². The minimum Gasteiger partial charge on any atom is -0.369 e. The van der Waals surface area contributed by atoms with E-state index in [0.29, 0.717) is 25.3 Å². The number of nitrogens with zero attached hydrogens (tertiary/aromatic N) is 5. The highest BCUT2D eigenvalue weighted by atomic mass is 16.2. The predicted octanol–water partition coefficient (Wildman–Crippen LogP) is 2.27. The van der Waals surface area contributed by atoms with Crippen LogP contribution in [0.2, 0.25) is 0 Å². The van der Waals surface area contributed by atoms with Crippen LogP contribution in [-0.4, -0.2) is 60.5 Å². The number of hydrogen-bond acceptors (Lipinski definition) is 6. The molecule has 1 N–H and O–H groups in total. The van der Waals surface area contributed by atoms with Gasteiger partial charge in [0.1, 0.15) is 5.82 Å². The fourth-order valence-corrected chi connectivity index (χ4v) is 3.64. The van der Waals surface area contributed by atoms with Crippen molar-refractivity contribution in [2.75, 3.05) is 54.9 Å². The highest BCUT2D eigenvalue weighted by Gasteiger charge is 2.25. The minimum absolute atomic E-state index is 0.131. The van der Waals surface area contributed by atoms with Gasteiger partial charge in [-0.1, -0.05) is 0 Å². The van der Waals surface area contributed by atoms with Crippen molar-refractivity contribution < 1.29 is 4.79 Å². The van der Waals surface area contributed by atoms with Gasteiger partial charge < -0.3 is 15.1 Å². The number of amides is 1. The number of likely N-dealkylation sites (N-methyl/N-ethyl adjacent to an activating group) is 1. The third-order valence-electron chi connectivity index (χ3n) is 5.31. The number of carbonyl (C=O) groups excluding carboxylic acids is 1. The molecule has 3 heterocycles. The molecular formula is C20H26N6O. The molecule has 1 amide bonds. The van der Waals surface area contributed by atoms with Crippen molar-refractivity contribution in [3.63, 3.8) is 0 Å². The number of hydrogen-bond donors (Lipinski definition) is 1. The Labute approximate surface area is 160 Å². The van der Waals surface area contributed by atoms with Crippen molar-refractivity contribution >= 4 is 29.0 Å². The molecule has 0 saturated carbocycles. The number of nitrogens with one attached hydrogen (secondary N) is 1. The van der Waals surface area contributed by atoms with Gasteiger partial charge in [0.15, 0.2) is 0 Å². The van der Waals surface area contributed by atoms with Gasteiger partial charge in [-0.15, -0.1) is 0 Å². The quantitative estimate of drug-likeness (QED) is 0.896. The average molecular weight is 366 g/mol. The molecular weight excluding hydrogens is 340 g/mol. The van der Waals surface area contributed by atoms with Gasteiger partial charge in [0, 0.05) is 62.3 Å². The first-order chi connectivity index (χ1) is 13.1. The number of aromatic nitrogens is 2. The van der Waals surface area contributed by atoms with Crippen LogP contribution in [0.25, 0.3) is 0 Å². The smallest absolute Gasteiger partial charge is 0.229 e. The lowest BCUT2D eigenvalue weighted by Gasteiger charge is -2.34. The topological polar surface area (TPSA) is 64.6 Å². The monoisotopic (exact) mass is 366 g/mol. The van der Waals surface area contributed by atoms with Crippen molar-refractivity contribution in [2.24, 2.45) is 0 Å². The van der Waals surface area contributed by atoms with Crippen molar-refractivity contribution in [1.29, 1.82) is 0 Å². The second kappa shape index (κ2) is 7.52. The van der Waals surface area contributed by atoms with E-state index in [1.54, 1.807) is 4.90 Å². The molecule has 1 aromatic carbocycles. The summed E-state index contributed by atoms with van der Waals surface area (Å²) in [6, 6.07) is 8.38. The molecule has 1 aromatic heterocycles. The molecule has 1 fully saturated rings. The lowest BCUT2D eigenvalue weighted by molar-refractivity contribution is -0.118. The van der Waals surface area contributed by atoms with Crippen molar-refractivity contribution in [3.8, 4) is 0 Å². The molecule has 2 aliphatic rings. The molecule has 27 heavy (non-hydrogen) atoms. The molecule has 7 nitrogen and oxygen atoms in total. The minimum atomic E-state index is 0.131. The van der Waals surface area contributed by atoms with Crippen LogP contribution in [0, 0.1) is 0 Å². The number of anilines is 4. The van der Waals surface area contributed by atoms with E-state index in [9.17, 15) is 4.79 Å². The molecule has 0 atom stereocenters. The van der Waals surface area contributed by atoms with Crippen molar-refractivity contribution in [1.82, 2.24) is 14.9 Å². The van der Waals surface area contributed by atoms with Crippen LogP contribution in [0.3, 0.4) is 0 Å². The van der Waals surface area contributed by atoms with Crippen LogP contribution >= 0.6 is 0 Å². The van der Waals surface area contributed by atoms with Gasteiger partial charge in [-0.2, -0.15) is 4.98 Å². The normalized spacial score (nSPS) is 17.8. The Kier molecular flexibility index (Phi) is 4.94. The number of piperazine rings is 1. The predicted molar refractivity (Wildman–Crippen MR) is 108 cm³/mol. The third kappa shape index (κ3) is 3.73. The van der Waals surface area contributed by atoms with Gasteiger partial charge in [0.05, 0.1) is 0 Å². The van der Waals surface area contributed by atoms with Crippen LogP contribution in [-0.2, 0) is 11.2 Å². The summed E-state index contributed by atoms with van der Waals surface area (Å²) in [5.41, 5.74) is 3.22. The molecule has 0 unspecified atom stereocenters. The van der Waals surface area contributed by atoms with Crippen LogP contribution in [0.1, 0.15) is 18.9 Å². The molecule has 0 aliphatic carbocycles. The number of carbonyl (C=O) groups is 1. The Morgan fingerprint density at radius 1 is 1.07 bits per heavy atom. The van der Waals surface area contributed by atoms with E-state index >= 15 is 0 Å². The SMILES string of the molecule is CCN1C(=O)CCc2cnc(Nc3ccc(N4CCN(C)CC4)cc3)nc21. The molecule has 0 spiro atoms. The van der Waals surface area contributed by atoms with Gasteiger partial charge >= 0.3 is 0 Å². The van der Waals surface area contributed by atoms with E-state index in [4.69, 9.17) is 0 Å². The summed E-state index contributed by atoms with van der Waals surface area (Å²) in [6.07, 6.45) is 3.08. The first kappa shape index (κ1) is 17.7. The maximum atomic E-state index is 12.1. The second-order valence-corrected chi connectivity index (χ2v) is 7.14. The van der Waals surface area contributed by atoms with Gasteiger partial charge in [0.25, 0.3) is 0 Å². The van der Waals surface area contributed by atoms with Crippen LogP contribution in [0.4, 0.5) is 23.1 Å². The first-order valence-electron chi connectivity index (χ1n) is 9.61. The fourth-order valence-electron chi connectivity index (χ4n) is 3.64. The van der Waals surface area contributed by atoms with Gasteiger partial charge in [0.2, 0.25) is 11.9 Å². The zero-order valence-electron chi connectivity index (χ0n) is 16.0. The highest BCUT2D eigenvalue weighted by molar-refractivity contribution is 5.95. The third-order valence-corrected chi connectivity index (χ3v) is 5.31. The molecule has 0 bridgehead atoms. The molecule has 2 aromatic rings. The Hall–Kier alpha value is -2.67. The number of aryl methyl sites for hydroxylation is 1. The number of fused-ring (bicyclic) bond motifs is 1. The Morgan fingerprint density at radius 2 is 1.81 bits per heavy atom. The summed E-state index contributed by atoms with van der Waals surface area (Å²) in [4.78, 5) is 27.6. The largest absolute Gasteiger partial charge is 0.369 e. The number of rotatable bonds is 4. The molecule has 142 valence electrons. The zero-order chi connectivity index (χ0) is 18.8. The Bertz CT molecular complexity index is 814. The molecule has 0 radical (unpaired) electrons. The standard InChI is InChI=1S/C20H26N6O/c1-3-26-18(27)9-4-15-14-21-20(23-19(15)26)22-16-5-7-17(8-6-16)25-12-10-24(2)11-13-25/h5-8,14H,3-4,9-13H2,1-2H3,(H,21,22,23). The van der Waals surface area contributed by atoms with Crippen molar-refractivity contribution in [2.45, 2.75) is 19.8 Å². The maximum absolute atomic E-state index is 12.1.